The Hall–Kier alpha value is -1.74. The van der Waals surface area contributed by atoms with E-state index in [9.17, 15) is 16.8 Å². The molecule has 1 fully saturated rings. The fourth-order valence-electron chi connectivity index (χ4n) is 3.75. The monoisotopic (exact) mass is 406 g/mol. The van der Waals surface area contributed by atoms with E-state index in [1.54, 1.807) is 6.07 Å². The van der Waals surface area contributed by atoms with Crippen LogP contribution in [0.25, 0.3) is 0 Å². The average Bonchev–Trinajstić information content (AvgIpc) is 2.68. The first kappa shape index (κ1) is 18.6. The van der Waals surface area contributed by atoms with Gasteiger partial charge in [0.05, 0.1) is 15.8 Å². The van der Waals surface area contributed by atoms with Gasteiger partial charge in [0.2, 0.25) is 20.0 Å². The number of hydrogen-bond donors (Lipinski definition) is 1. The Morgan fingerprint density at radius 3 is 2.37 bits per heavy atom. The summed E-state index contributed by atoms with van der Waals surface area (Å²) in [7, 11) is -7.46. The van der Waals surface area contributed by atoms with Crippen molar-refractivity contribution in [3.8, 4) is 0 Å². The van der Waals surface area contributed by atoms with Gasteiger partial charge in [-0.05, 0) is 42.5 Å². The van der Waals surface area contributed by atoms with E-state index < -0.39 is 20.0 Å². The maximum Gasteiger partial charge on any atom is 0.243 e. The minimum absolute atomic E-state index is 0.0479. The number of benzene rings is 2. The summed E-state index contributed by atoms with van der Waals surface area (Å²) < 4.78 is 55.5. The predicted octanol–water partition coefficient (Wildman–Crippen LogP) is 2.44. The molecule has 2 heterocycles. The molecule has 6 nitrogen and oxygen atoms in total. The van der Waals surface area contributed by atoms with Crippen molar-refractivity contribution >= 4 is 20.0 Å². The predicted molar refractivity (Wildman–Crippen MR) is 102 cm³/mol. The number of sulfonamides is 2. The SMILES string of the molecule is O=S1(=O)N[C@H](c2ccccc2)Cc2ccc(S(=O)(=O)N3CCCCC3)cc21. The van der Waals surface area contributed by atoms with Crippen LogP contribution in [0.4, 0.5) is 0 Å². The van der Waals surface area contributed by atoms with E-state index in [0.29, 0.717) is 25.1 Å². The van der Waals surface area contributed by atoms with Gasteiger partial charge in [-0.2, -0.15) is 4.31 Å². The van der Waals surface area contributed by atoms with Gasteiger partial charge in [0.1, 0.15) is 0 Å². The van der Waals surface area contributed by atoms with Gasteiger partial charge in [-0.3, -0.25) is 0 Å². The molecule has 0 aromatic heterocycles. The zero-order valence-corrected chi connectivity index (χ0v) is 16.5. The van der Waals surface area contributed by atoms with Gasteiger partial charge in [-0.25, -0.2) is 21.6 Å². The summed E-state index contributed by atoms with van der Waals surface area (Å²) in [6.45, 7) is 0.973. The molecule has 0 radical (unpaired) electrons. The zero-order chi connectivity index (χ0) is 19.1. The molecule has 2 aliphatic rings. The first-order valence-corrected chi connectivity index (χ1v) is 12.0. The third kappa shape index (κ3) is 3.54. The van der Waals surface area contributed by atoms with Crippen LogP contribution in [0.15, 0.2) is 58.3 Å². The first-order chi connectivity index (χ1) is 12.9. The molecule has 0 unspecified atom stereocenters. The second-order valence-electron chi connectivity index (χ2n) is 7.02. The van der Waals surface area contributed by atoms with E-state index in [1.165, 1.54) is 16.4 Å². The zero-order valence-electron chi connectivity index (χ0n) is 14.8. The highest BCUT2D eigenvalue weighted by atomic mass is 32.2. The van der Waals surface area contributed by atoms with Crippen LogP contribution >= 0.6 is 0 Å². The third-order valence-electron chi connectivity index (χ3n) is 5.20. The third-order valence-corrected chi connectivity index (χ3v) is 8.65. The van der Waals surface area contributed by atoms with E-state index in [0.717, 1.165) is 24.8 Å². The largest absolute Gasteiger partial charge is 0.243 e. The fraction of sp³-hybridized carbons (Fsp3) is 0.368. The van der Waals surface area contributed by atoms with Crippen molar-refractivity contribution in [2.45, 2.75) is 41.5 Å². The molecule has 8 heteroatoms. The maximum absolute atomic E-state index is 12.9. The van der Waals surface area contributed by atoms with Crippen molar-refractivity contribution in [2.75, 3.05) is 13.1 Å². The Morgan fingerprint density at radius 2 is 1.67 bits per heavy atom. The summed E-state index contributed by atoms with van der Waals surface area (Å²) in [6, 6.07) is 13.5. The molecule has 0 bridgehead atoms. The Morgan fingerprint density at radius 1 is 0.963 bits per heavy atom. The van der Waals surface area contributed by atoms with Crippen LogP contribution in [0.1, 0.15) is 36.4 Å². The molecule has 0 aliphatic carbocycles. The lowest BCUT2D eigenvalue weighted by molar-refractivity contribution is 0.346. The van der Waals surface area contributed by atoms with Crippen LogP contribution in [0.5, 0.6) is 0 Å². The van der Waals surface area contributed by atoms with E-state index in [4.69, 9.17) is 0 Å². The average molecular weight is 407 g/mol. The summed E-state index contributed by atoms with van der Waals surface area (Å²) in [6.07, 6.45) is 3.18. The minimum atomic E-state index is -3.79. The Kier molecular flexibility index (Phi) is 4.84. The molecule has 2 aromatic carbocycles. The van der Waals surface area contributed by atoms with E-state index in [-0.39, 0.29) is 15.8 Å². The Balaban J connectivity index is 1.70. The second kappa shape index (κ2) is 7.01. The van der Waals surface area contributed by atoms with E-state index in [1.807, 2.05) is 30.3 Å². The molecular weight excluding hydrogens is 384 g/mol. The van der Waals surface area contributed by atoms with Gasteiger partial charge in [0, 0.05) is 13.1 Å². The van der Waals surface area contributed by atoms with Crippen LogP contribution in [0.2, 0.25) is 0 Å². The van der Waals surface area contributed by atoms with Gasteiger partial charge < -0.3 is 0 Å². The highest BCUT2D eigenvalue weighted by Crippen LogP contribution is 2.32. The van der Waals surface area contributed by atoms with Crippen LogP contribution in [0.3, 0.4) is 0 Å². The molecule has 27 heavy (non-hydrogen) atoms. The van der Waals surface area contributed by atoms with Crippen LogP contribution in [0, 0.1) is 0 Å². The highest BCUT2D eigenvalue weighted by Gasteiger charge is 2.33. The normalized spacial score (nSPS) is 22.9. The minimum Gasteiger partial charge on any atom is -0.207 e. The molecule has 0 saturated carbocycles. The Bertz CT molecular complexity index is 1040. The lowest BCUT2D eigenvalue weighted by Crippen LogP contribution is -2.37. The second-order valence-corrected chi connectivity index (χ2v) is 10.6. The van der Waals surface area contributed by atoms with Crippen LogP contribution < -0.4 is 4.72 Å². The molecule has 2 aromatic rings. The van der Waals surface area contributed by atoms with Crippen molar-refractivity contribution in [3.63, 3.8) is 0 Å². The highest BCUT2D eigenvalue weighted by molar-refractivity contribution is 7.90. The maximum atomic E-state index is 12.9. The molecule has 144 valence electrons. The van der Waals surface area contributed by atoms with E-state index >= 15 is 0 Å². The molecule has 0 spiro atoms. The van der Waals surface area contributed by atoms with Crippen molar-refractivity contribution in [2.24, 2.45) is 0 Å². The van der Waals surface area contributed by atoms with Crippen molar-refractivity contribution in [1.82, 2.24) is 9.03 Å². The summed E-state index contributed by atoms with van der Waals surface area (Å²) in [5, 5.41) is 0. The molecule has 1 saturated heterocycles. The van der Waals surface area contributed by atoms with Crippen LogP contribution in [-0.2, 0) is 26.5 Å². The summed E-state index contributed by atoms with van der Waals surface area (Å²) in [5.41, 5.74) is 1.52. The van der Waals surface area contributed by atoms with Gasteiger partial charge in [-0.1, -0.05) is 42.8 Å². The number of rotatable bonds is 3. The summed E-state index contributed by atoms with van der Waals surface area (Å²) >= 11 is 0. The molecule has 1 atom stereocenters. The molecule has 4 rings (SSSR count). The van der Waals surface area contributed by atoms with Crippen molar-refractivity contribution in [1.29, 1.82) is 0 Å². The van der Waals surface area contributed by atoms with Crippen LogP contribution in [-0.4, -0.2) is 34.2 Å². The molecular formula is C19H22N2O4S2. The van der Waals surface area contributed by atoms with Gasteiger partial charge in [0.15, 0.2) is 0 Å². The molecule has 2 aliphatic heterocycles. The lowest BCUT2D eigenvalue weighted by Gasteiger charge is -2.28. The first-order valence-electron chi connectivity index (χ1n) is 9.08. The number of nitrogens with one attached hydrogen (secondary N) is 1. The quantitative estimate of drug-likeness (QED) is 0.849. The van der Waals surface area contributed by atoms with Gasteiger partial charge >= 0.3 is 0 Å². The summed E-state index contributed by atoms with van der Waals surface area (Å²) in [4.78, 5) is 0.111. The van der Waals surface area contributed by atoms with Crippen molar-refractivity contribution < 1.29 is 16.8 Å². The molecule has 0 amide bonds. The fourth-order valence-corrected chi connectivity index (χ4v) is 6.87. The van der Waals surface area contributed by atoms with Gasteiger partial charge in [-0.15, -0.1) is 0 Å². The Labute approximate surface area is 160 Å². The van der Waals surface area contributed by atoms with Crippen molar-refractivity contribution in [3.05, 3.63) is 59.7 Å². The number of piperidine rings is 1. The number of nitrogens with zero attached hydrogens (tertiary/aromatic N) is 1. The topological polar surface area (TPSA) is 83.5 Å². The van der Waals surface area contributed by atoms with Gasteiger partial charge in [0.25, 0.3) is 0 Å². The smallest absolute Gasteiger partial charge is 0.207 e. The standard InChI is InChI=1S/C19H22N2O4S2/c22-26(23)19-14-17(27(24,25)21-11-5-2-6-12-21)10-9-16(19)13-18(20-26)15-7-3-1-4-8-15/h1,3-4,7-10,14,18,20H,2,5-6,11-13H2/t18-/m0/s1. The summed E-state index contributed by atoms with van der Waals surface area (Å²) in [5.74, 6) is 0. The lowest BCUT2D eigenvalue weighted by atomic mass is 9.99. The number of hydrogen-bond acceptors (Lipinski definition) is 4. The number of fused-ring (bicyclic) bond motifs is 1. The molecule has 1 N–H and O–H groups in total. The van der Waals surface area contributed by atoms with E-state index in [2.05, 4.69) is 4.72 Å².